The van der Waals surface area contributed by atoms with E-state index in [2.05, 4.69) is 35.3 Å². The normalized spacial score (nSPS) is 16.2. The Kier molecular flexibility index (Phi) is 4.87. The first-order valence-corrected chi connectivity index (χ1v) is 10.5. The predicted molar refractivity (Wildman–Crippen MR) is 117 cm³/mol. The van der Waals surface area contributed by atoms with Crippen molar-refractivity contribution in [1.82, 2.24) is 5.32 Å². The molecule has 156 valence electrons. The second kappa shape index (κ2) is 7.69. The van der Waals surface area contributed by atoms with Crippen molar-refractivity contribution in [3.63, 3.8) is 0 Å². The maximum Gasteiger partial charge on any atom is 0.338 e. The van der Waals surface area contributed by atoms with Crippen molar-refractivity contribution in [3.8, 4) is 11.5 Å². The van der Waals surface area contributed by atoms with Crippen LogP contribution in [0.25, 0.3) is 11.0 Å². The number of hydrogen-bond acceptors (Lipinski definition) is 6. The predicted octanol–water partition coefficient (Wildman–Crippen LogP) is 3.90. The molecule has 3 heterocycles. The monoisotopic (exact) mass is 406 g/mol. The molecule has 6 heteroatoms. The Hall–Kier alpha value is -2.99. The highest BCUT2D eigenvalue weighted by Crippen LogP contribution is 2.36. The molecule has 2 aliphatic heterocycles. The van der Waals surface area contributed by atoms with Crippen molar-refractivity contribution in [2.24, 2.45) is 0 Å². The van der Waals surface area contributed by atoms with E-state index >= 15 is 0 Å². The third-order valence-corrected chi connectivity index (χ3v) is 6.00. The Balaban J connectivity index is 1.62. The number of piperidine rings is 1. The molecule has 0 radical (unpaired) electrons. The van der Waals surface area contributed by atoms with E-state index in [1.165, 1.54) is 0 Å². The number of fused-ring (bicyclic) bond motifs is 2. The third-order valence-electron chi connectivity index (χ3n) is 6.00. The zero-order chi connectivity index (χ0) is 20.7. The number of hydrogen-bond donors (Lipinski definition) is 1. The molecule has 1 fully saturated rings. The van der Waals surface area contributed by atoms with E-state index in [9.17, 15) is 4.79 Å². The van der Waals surface area contributed by atoms with Crippen LogP contribution in [-0.4, -0.2) is 25.9 Å². The molecule has 1 aromatic heterocycles. The number of ether oxygens (including phenoxy) is 2. The lowest BCUT2D eigenvalue weighted by Gasteiger charge is -2.37. The lowest BCUT2D eigenvalue weighted by Crippen LogP contribution is -2.43. The molecule has 0 aliphatic carbocycles. The molecule has 0 bridgehead atoms. The van der Waals surface area contributed by atoms with Crippen LogP contribution in [0.5, 0.6) is 11.5 Å². The molecule has 3 aromatic rings. The minimum absolute atomic E-state index is 0.264. The molecule has 0 amide bonds. The Bertz CT molecular complexity index is 1150. The number of benzene rings is 2. The van der Waals surface area contributed by atoms with E-state index in [-0.39, 0.29) is 12.4 Å². The fraction of sp³-hybridized carbons (Fsp3) is 0.375. The maximum atomic E-state index is 12.5. The zero-order valence-corrected chi connectivity index (χ0v) is 17.4. The average molecular weight is 406 g/mol. The minimum atomic E-state index is -0.311. The molecule has 0 atom stereocenters. The van der Waals surface area contributed by atoms with Gasteiger partial charge in [0.25, 0.3) is 0 Å². The van der Waals surface area contributed by atoms with Crippen LogP contribution < -0.4 is 25.3 Å². The van der Waals surface area contributed by atoms with Gasteiger partial charge in [-0.05, 0) is 74.7 Å². The van der Waals surface area contributed by atoms with Crippen molar-refractivity contribution in [2.45, 2.75) is 39.3 Å². The molecule has 2 aromatic carbocycles. The van der Waals surface area contributed by atoms with Crippen molar-refractivity contribution >= 4 is 16.7 Å². The van der Waals surface area contributed by atoms with Gasteiger partial charge in [0.15, 0.2) is 11.5 Å². The molecule has 0 spiro atoms. The van der Waals surface area contributed by atoms with Crippen LogP contribution in [0.1, 0.15) is 29.5 Å². The molecule has 5 rings (SSSR count). The molecule has 1 saturated heterocycles. The van der Waals surface area contributed by atoms with E-state index in [1.807, 2.05) is 19.1 Å². The fourth-order valence-electron chi connectivity index (χ4n) is 4.60. The molecular formula is C24H26N2O4. The smallest absolute Gasteiger partial charge is 0.338 e. The topological polar surface area (TPSA) is 63.9 Å². The van der Waals surface area contributed by atoms with Crippen LogP contribution in [0.15, 0.2) is 45.6 Å². The van der Waals surface area contributed by atoms with Crippen LogP contribution >= 0.6 is 0 Å². The van der Waals surface area contributed by atoms with Crippen LogP contribution in [-0.2, 0) is 6.54 Å². The summed E-state index contributed by atoms with van der Waals surface area (Å²) >= 11 is 0. The summed E-state index contributed by atoms with van der Waals surface area (Å²) in [4.78, 5) is 14.9. The van der Waals surface area contributed by atoms with Crippen molar-refractivity contribution in [1.29, 1.82) is 0 Å². The van der Waals surface area contributed by atoms with E-state index in [1.54, 1.807) is 6.07 Å². The Morgan fingerprint density at radius 2 is 1.83 bits per heavy atom. The molecule has 0 saturated carbocycles. The first kappa shape index (κ1) is 19.0. The van der Waals surface area contributed by atoms with Crippen molar-refractivity contribution < 1.29 is 13.9 Å². The van der Waals surface area contributed by atoms with Gasteiger partial charge in [0.2, 0.25) is 6.79 Å². The molecule has 1 N–H and O–H groups in total. The Morgan fingerprint density at radius 3 is 2.67 bits per heavy atom. The lowest BCUT2D eigenvalue weighted by molar-refractivity contribution is 0.174. The molecular weight excluding hydrogens is 380 g/mol. The van der Waals surface area contributed by atoms with E-state index < -0.39 is 0 Å². The van der Waals surface area contributed by atoms with Gasteiger partial charge in [-0.3, -0.25) is 0 Å². The molecule has 6 nitrogen and oxygen atoms in total. The van der Waals surface area contributed by atoms with Gasteiger partial charge in [-0.25, -0.2) is 4.79 Å². The second-order valence-electron chi connectivity index (χ2n) is 8.21. The molecule has 0 unspecified atom stereocenters. The van der Waals surface area contributed by atoms with Crippen LogP contribution in [0, 0.1) is 13.8 Å². The first-order chi connectivity index (χ1) is 14.6. The maximum absolute atomic E-state index is 12.5. The quantitative estimate of drug-likeness (QED) is 0.663. The summed E-state index contributed by atoms with van der Waals surface area (Å²) in [6.07, 6.45) is 2.05. The van der Waals surface area contributed by atoms with E-state index in [4.69, 9.17) is 13.9 Å². The lowest BCUT2D eigenvalue weighted by atomic mass is 10.00. The van der Waals surface area contributed by atoms with Crippen LogP contribution in [0.3, 0.4) is 0 Å². The average Bonchev–Trinajstić information content (AvgIpc) is 3.21. The summed E-state index contributed by atoms with van der Waals surface area (Å²) in [5, 5.41) is 4.43. The van der Waals surface area contributed by atoms with Crippen molar-refractivity contribution in [2.75, 3.05) is 24.8 Å². The van der Waals surface area contributed by atoms with Crippen molar-refractivity contribution in [3.05, 3.63) is 63.5 Å². The number of anilines is 1. The van der Waals surface area contributed by atoms with Gasteiger partial charge in [0.1, 0.15) is 5.58 Å². The minimum Gasteiger partial charge on any atom is -0.454 e. The summed E-state index contributed by atoms with van der Waals surface area (Å²) in [7, 11) is 0. The SMILES string of the molecule is Cc1cc(C)c2oc(=O)cc(N(Cc3ccc4c(c3)OCO4)C3CCNCC3)c2c1. The van der Waals surface area contributed by atoms with Gasteiger partial charge in [-0.15, -0.1) is 0 Å². The highest BCUT2D eigenvalue weighted by Gasteiger charge is 2.25. The Morgan fingerprint density at radius 1 is 1.03 bits per heavy atom. The van der Waals surface area contributed by atoms with Gasteiger partial charge >= 0.3 is 5.63 Å². The van der Waals surface area contributed by atoms with Gasteiger partial charge in [0, 0.05) is 24.0 Å². The van der Waals surface area contributed by atoms with Crippen LogP contribution in [0.2, 0.25) is 0 Å². The summed E-state index contributed by atoms with van der Waals surface area (Å²) in [5.74, 6) is 1.56. The highest BCUT2D eigenvalue weighted by molar-refractivity contribution is 5.92. The van der Waals surface area contributed by atoms with Gasteiger partial charge < -0.3 is 24.1 Å². The van der Waals surface area contributed by atoms with E-state index in [0.717, 1.165) is 65.2 Å². The molecule has 2 aliphatic rings. The standard InChI is InChI=1S/C24H26N2O4/c1-15-9-16(2)24-19(10-15)20(12-23(27)30-24)26(18-5-7-25-8-6-18)13-17-3-4-21-22(11-17)29-14-28-21/h3-4,9-12,18,25H,5-8,13-14H2,1-2H3. The zero-order valence-electron chi connectivity index (χ0n) is 17.4. The number of nitrogens with zero attached hydrogens (tertiary/aromatic N) is 1. The van der Waals surface area contributed by atoms with Gasteiger partial charge in [-0.1, -0.05) is 12.1 Å². The number of aryl methyl sites for hydroxylation is 2. The number of nitrogens with one attached hydrogen (secondary N) is 1. The first-order valence-electron chi connectivity index (χ1n) is 10.5. The second-order valence-corrected chi connectivity index (χ2v) is 8.21. The summed E-state index contributed by atoms with van der Waals surface area (Å²) < 4.78 is 16.6. The largest absolute Gasteiger partial charge is 0.454 e. The summed E-state index contributed by atoms with van der Waals surface area (Å²) in [5.41, 5.74) is 4.57. The van der Waals surface area contributed by atoms with E-state index in [0.29, 0.717) is 18.2 Å². The van der Waals surface area contributed by atoms with Gasteiger partial charge in [-0.2, -0.15) is 0 Å². The summed E-state index contributed by atoms with van der Waals surface area (Å²) in [6, 6.07) is 12.2. The third kappa shape index (κ3) is 3.52. The Labute approximate surface area is 175 Å². The fourth-order valence-corrected chi connectivity index (χ4v) is 4.60. The van der Waals surface area contributed by atoms with Gasteiger partial charge in [0.05, 0.1) is 5.69 Å². The van der Waals surface area contributed by atoms with Crippen LogP contribution in [0.4, 0.5) is 5.69 Å². The number of rotatable bonds is 4. The summed E-state index contributed by atoms with van der Waals surface area (Å²) in [6.45, 7) is 6.97. The molecule has 30 heavy (non-hydrogen) atoms. The highest BCUT2D eigenvalue weighted by atomic mass is 16.7.